The van der Waals surface area contributed by atoms with Crippen molar-refractivity contribution < 1.29 is 24.2 Å². The van der Waals surface area contributed by atoms with Gasteiger partial charge < -0.3 is 31.4 Å². The van der Waals surface area contributed by atoms with E-state index in [0.29, 0.717) is 38.6 Å². The first kappa shape index (κ1) is 38.2. The molecule has 1 saturated heterocycles. The summed E-state index contributed by atoms with van der Waals surface area (Å²) < 4.78 is 15.4. The lowest BCUT2D eigenvalue weighted by atomic mass is 9.34. The van der Waals surface area contributed by atoms with Gasteiger partial charge in [-0.05, 0) is 91.3 Å². The van der Waals surface area contributed by atoms with Gasteiger partial charge in [0.1, 0.15) is 0 Å². The largest absolute Gasteiger partial charge is 0.481 e. The van der Waals surface area contributed by atoms with E-state index in [1.54, 1.807) is 11.7 Å². The molecule has 0 aromatic carbocycles. The number of nitrogens with one attached hydrogen (secondary N) is 1. The van der Waals surface area contributed by atoms with Gasteiger partial charge in [-0.25, -0.2) is 4.68 Å². The number of carbonyl (C=O) groups excluding carboxylic acids is 1. The van der Waals surface area contributed by atoms with Crippen LogP contribution in [0.3, 0.4) is 0 Å². The molecule has 0 unspecified atom stereocenters. The van der Waals surface area contributed by atoms with Gasteiger partial charge >= 0.3 is 5.97 Å². The molecule has 2 bridgehead atoms. The van der Waals surface area contributed by atoms with E-state index < -0.39 is 28.3 Å². The normalized spacial score (nSPS) is 42.2. The van der Waals surface area contributed by atoms with Gasteiger partial charge in [0.2, 0.25) is 11.8 Å². The van der Waals surface area contributed by atoms with Gasteiger partial charge in [0.25, 0.3) is 5.91 Å². The van der Waals surface area contributed by atoms with Crippen LogP contribution in [-0.2, 0) is 14.3 Å². The number of amides is 1. The monoisotopic (exact) mass is 711 g/mol. The van der Waals surface area contributed by atoms with Crippen molar-refractivity contribution in [1.82, 2.24) is 20.1 Å². The Morgan fingerprint density at radius 3 is 2.41 bits per heavy atom. The number of nitrogen functional groups attached to an aromatic ring is 1. The maximum absolute atomic E-state index is 13.5. The third kappa shape index (κ3) is 5.36. The van der Waals surface area contributed by atoms with E-state index in [1.807, 2.05) is 6.92 Å². The van der Waals surface area contributed by atoms with Crippen LogP contribution in [-0.4, -0.2) is 70.3 Å². The molecule has 0 radical (unpaired) electrons. The van der Waals surface area contributed by atoms with Crippen LogP contribution >= 0.6 is 0 Å². The SMILES string of the molecule is CNC(=O)c1nc(N)nn1[C@@H]1C[C@@]23COC[C@](C)([C@@H]2CC[C@H]2C3=CC[C@@]3(C)[C@H](C(=O)O)[C@@](C)([C@H](C)C(C)C)CC[C@]23C)[C@H]1OC[C@](C)(N)C(C)C. The van der Waals surface area contributed by atoms with Crippen molar-refractivity contribution in [2.45, 2.75) is 125 Å². The molecule has 3 saturated carbocycles. The summed E-state index contributed by atoms with van der Waals surface area (Å²) in [6.07, 6.45) is 7.30. The first-order chi connectivity index (χ1) is 23.6. The van der Waals surface area contributed by atoms with Crippen LogP contribution in [0.25, 0.3) is 0 Å². The van der Waals surface area contributed by atoms with Gasteiger partial charge in [0, 0.05) is 23.4 Å². The highest BCUT2D eigenvalue weighted by Crippen LogP contribution is 2.75. The second-order valence-electron chi connectivity index (χ2n) is 19.3. The Morgan fingerprint density at radius 1 is 1.12 bits per heavy atom. The van der Waals surface area contributed by atoms with Crippen LogP contribution in [0.15, 0.2) is 11.6 Å². The zero-order chi connectivity index (χ0) is 37.7. The number of aromatic nitrogens is 3. The highest BCUT2D eigenvalue weighted by molar-refractivity contribution is 5.90. The summed E-state index contributed by atoms with van der Waals surface area (Å²) in [7, 11) is 1.59. The van der Waals surface area contributed by atoms with Crippen LogP contribution in [0.1, 0.15) is 124 Å². The number of carbonyl (C=O) groups is 2. The van der Waals surface area contributed by atoms with Gasteiger partial charge in [-0.2, -0.15) is 4.98 Å². The number of nitrogens with two attached hydrogens (primary N) is 2. The Morgan fingerprint density at radius 2 is 1.80 bits per heavy atom. The molecule has 4 aliphatic carbocycles. The van der Waals surface area contributed by atoms with E-state index in [-0.39, 0.29) is 69.7 Å². The molecule has 12 atom stereocenters. The number of aliphatic carboxylic acids is 1. The fourth-order valence-corrected chi connectivity index (χ4v) is 12.4. The van der Waals surface area contributed by atoms with Crippen molar-refractivity contribution in [2.24, 2.45) is 68.3 Å². The highest BCUT2D eigenvalue weighted by atomic mass is 16.5. The van der Waals surface area contributed by atoms with E-state index >= 15 is 0 Å². The minimum atomic E-state index is -0.660. The van der Waals surface area contributed by atoms with Gasteiger partial charge in [0.15, 0.2) is 0 Å². The predicted molar refractivity (Wildman–Crippen MR) is 198 cm³/mol. The number of allylic oxidation sites excluding steroid dienone is 1. The van der Waals surface area contributed by atoms with Crippen molar-refractivity contribution >= 4 is 17.8 Å². The first-order valence-electron chi connectivity index (χ1n) is 19.5. The number of carboxylic acid groups (broad SMARTS) is 1. The summed E-state index contributed by atoms with van der Waals surface area (Å²) >= 11 is 0. The highest BCUT2D eigenvalue weighted by Gasteiger charge is 2.72. The minimum Gasteiger partial charge on any atom is -0.481 e. The van der Waals surface area contributed by atoms with Gasteiger partial charge in [0.05, 0.1) is 37.9 Å². The zero-order valence-corrected chi connectivity index (χ0v) is 33.1. The first-order valence-corrected chi connectivity index (χ1v) is 19.5. The Balaban J connectivity index is 1.49. The van der Waals surface area contributed by atoms with Crippen LogP contribution < -0.4 is 16.8 Å². The summed E-state index contributed by atoms with van der Waals surface area (Å²) in [4.78, 5) is 31.2. The number of hydrogen-bond acceptors (Lipinski definition) is 8. The lowest BCUT2D eigenvalue weighted by molar-refractivity contribution is -0.252. The molecule has 1 aliphatic heterocycles. The maximum Gasteiger partial charge on any atom is 0.307 e. The lowest BCUT2D eigenvalue weighted by Crippen LogP contribution is -2.69. The van der Waals surface area contributed by atoms with Gasteiger partial charge in [-0.15, -0.1) is 5.10 Å². The van der Waals surface area contributed by atoms with Gasteiger partial charge in [-0.3, -0.25) is 9.59 Å². The fraction of sp³-hybridized carbons (Fsp3) is 0.850. The number of rotatable bonds is 9. The average molecular weight is 711 g/mol. The fourth-order valence-electron chi connectivity index (χ4n) is 12.4. The van der Waals surface area contributed by atoms with Crippen molar-refractivity contribution in [1.29, 1.82) is 0 Å². The van der Waals surface area contributed by atoms with E-state index in [9.17, 15) is 14.7 Å². The Bertz CT molecular complexity index is 1570. The molecule has 6 N–H and O–H groups in total. The Labute approximate surface area is 305 Å². The second kappa shape index (κ2) is 12.5. The standard InChI is InChI=1S/C40H66N6O5/c1-22(2)24(5)35(6)16-17-37(8)25-12-13-28-36(7)19-50-21-40(28,26(25)14-15-38(37,9)29(35)33(48)49)18-27(30(36)51-20-39(10,42)23(3)4)46-31(32(47)43-11)44-34(41)45-46/h14,22-25,27-30H,12-13,15-21,42H2,1-11H3,(H2,41,45)(H,43,47)(H,48,49)/t24-,25+,27-,28+,29-,30+,35-,36-,37-,38+,39+,40+/m1/s1. The third-order valence-electron chi connectivity index (χ3n) is 16.4. The van der Waals surface area contributed by atoms with E-state index in [1.165, 1.54) is 5.57 Å². The smallest absolute Gasteiger partial charge is 0.307 e. The summed E-state index contributed by atoms with van der Waals surface area (Å²) in [5.74, 6) is 0.0748. The number of nitrogens with zero attached hydrogens (tertiary/aromatic N) is 3. The Hall–Kier alpha value is -2.50. The van der Waals surface area contributed by atoms with Crippen LogP contribution in [0.4, 0.5) is 5.95 Å². The maximum atomic E-state index is 13.5. The Kier molecular flexibility index (Phi) is 9.40. The second-order valence-corrected chi connectivity index (χ2v) is 19.3. The molecule has 6 rings (SSSR count). The zero-order valence-electron chi connectivity index (χ0n) is 33.1. The van der Waals surface area contributed by atoms with E-state index in [0.717, 1.165) is 25.7 Å². The van der Waals surface area contributed by atoms with Crippen LogP contribution in [0, 0.1) is 62.6 Å². The molecule has 0 spiro atoms. The number of hydrogen-bond donors (Lipinski definition) is 4. The molecule has 4 fully saturated rings. The number of carboxylic acids is 1. The number of ether oxygens (including phenoxy) is 2. The molecule has 11 nitrogen and oxygen atoms in total. The molecule has 2 heterocycles. The predicted octanol–water partition coefficient (Wildman–Crippen LogP) is 6.11. The number of fused-ring (bicyclic) bond motifs is 3. The molecular weight excluding hydrogens is 644 g/mol. The quantitative estimate of drug-likeness (QED) is 0.221. The summed E-state index contributed by atoms with van der Waals surface area (Å²) in [5.41, 5.74) is 12.2. The molecule has 5 aliphatic rings. The summed E-state index contributed by atoms with van der Waals surface area (Å²) in [6, 6.07) is -0.357. The molecule has 1 aromatic rings. The third-order valence-corrected chi connectivity index (χ3v) is 16.4. The van der Waals surface area contributed by atoms with E-state index in [2.05, 4.69) is 83.8 Å². The summed E-state index contributed by atoms with van der Waals surface area (Å²) in [5, 5.41) is 18.5. The molecule has 286 valence electrons. The van der Waals surface area contributed by atoms with Gasteiger partial charge in [-0.1, -0.05) is 74.0 Å². The van der Waals surface area contributed by atoms with Crippen molar-refractivity contribution in [2.75, 3.05) is 32.6 Å². The average Bonchev–Trinajstić information content (AvgIpc) is 3.44. The molecule has 1 aromatic heterocycles. The minimum absolute atomic E-state index is 0.0478. The van der Waals surface area contributed by atoms with Crippen molar-refractivity contribution in [3.63, 3.8) is 0 Å². The van der Waals surface area contributed by atoms with Crippen LogP contribution in [0.5, 0.6) is 0 Å². The summed E-state index contributed by atoms with van der Waals surface area (Å²) in [6.45, 7) is 23.6. The molecule has 51 heavy (non-hydrogen) atoms. The topological polar surface area (TPSA) is 168 Å². The van der Waals surface area contributed by atoms with Crippen LogP contribution in [0.2, 0.25) is 0 Å². The number of anilines is 1. The van der Waals surface area contributed by atoms with Crippen molar-refractivity contribution in [3.05, 3.63) is 17.5 Å². The molecule has 1 amide bonds. The molecular formula is C40H66N6O5. The molecule has 11 heteroatoms. The van der Waals surface area contributed by atoms with Crippen molar-refractivity contribution in [3.8, 4) is 0 Å². The van der Waals surface area contributed by atoms with E-state index in [4.69, 9.17) is 20.9 Å². The lowest BCUT2D eigenvalue weighted by Gasteiger charge is -2.71.